The molecule has 19 heavy (non-hydrogen) atoms. The van der Waals surface area contributed by atoms with E-state index in [1.165, 1.54) is 10.4 Å². The SMILES string of the molecule is COC(OC)[Si](C)(c1ccccc1)c1ccccc1. The average molecular weight is 272 g/mol. The Morgan fingerprint density at radius 1 is 0.737 bits per heavy atom. The molecule has 0 saturated carbocycles. The van der Waals surface area contributed by atoms with Gasteiger partial charge in [0.25, 0.3) is 0 Å². The van der Waals surface area contributed by atoms with E-state index >= 15 is 0 Å². The lowest BCUT2D eigenvalue weighted by molar-refractivity contribution is -0.0478. The zero-order valence-corrected chi connectivity index (χ0v) is 12.7. The second-order valence-corrected chi connectivity index (χ2v) is 8.77. The van der Waals surface area contributed by atoms with Crippen molar-refractivity contribution in [2.45, 2.75) is 12.5 Å². The Balaban J connectivity index is 2.57. The van der Waals surface area contributed by atoms with E-state index in [1.807, 2.05) is 12.1 Å². The molecule has 2 rings (SSSR count). The molecule has 0 saturated heterocycles. The third kappa shape index (κ3) is 2.63. The number of hydrogen-bond donors (Lipinski definition) is 0. The Labute approximate surface area is 116 Å². The summed E-state index contributed by atoms with van der Waals surface area (Å²) < 4.78 is 11.2. The normalized spacial score (nSPS) is 11.8. The van der Waals surface area contributed by atoms with Gasteiger partial charge in [0.15, 0.2) is 8.07 Å². The van der Waals surface area contributed by atoms with Gasteiger partial charge in [0, 0.05) is 14.2 Å². The van der Waals surface area contributed by atoms with Crippen LogP contribution in [0.5, 0.6) is 0 Å². The molecule has 100 valence electrons. The lowest BCUT2D eigenvalue weighted by Gasteiger charge is -2.34. The van der Waals surface area contributed by atoms with Crippen LogP contribution in [0.1, 0.15) is 0 Å². The van der Waals surface area contributed by atoms with E-state index in [0.29, 0.717) is 0 Å². The maximum Gasteiger partial charge on any atom is 0.179 e. The zero-order valence-electron chi connectivity index (χ0n) is 11.7. The summed E-state index contributed by atoms with van der Waals surface area (Å²) in [4.78, 5) is 0. The minimum atomic E-state index is -2.08. The molecule has 0 amide bonds. The van der Waals surface area contributed by atoms with E-state index in [0.717, 1.165) is 0 Å². The van der Waals surface area contributed by atoms with Crippen LogP contribution in [0.2, 0.25) is 6.55 Å². The summed E-state index contributed by atoms with van der Waals surface area (Å²) in [6.45, 7) is 2.29. The van der Waals surface area contributed by atoms with E-state index < -0.39 is 8.07 Å². The van der Waals surface area contributed by atoms with Crippen LogP contribution in [-0.2, 0) is 9.47 Å². The lowest BCUT2D eigenvalue weighted by atomic mass is 10.4. The molecule has 0 aliphatic heterocycles. The molecule has 0 bridgehead atoms. The minimum absolute atomic E-state index is 0.197. The van der Waals surface area contributed by atoms with Gasteiger partial charge in [0.1, 0.15) is 5.91 Å². The van der Waals surface area contributed by atoms with Gasteiger partial charge in [0.05, 0.1) is 0 Å². The fraction of sp³-hybridized carbons (Fsp3) is 0.250. The van der Waals surface area contributed by atoms with Crippen molar-refractivity contribution in [3.05, 3.63) is 60.7 Å². The van der Waals surface area contributed by atoms with Crippen LogP contribution in [0.4, 0.5) is 0 Å². The maximum atomic E-state index is 5.61. The molecule has 0 fully saturated rings. The molecule has 2 aromatic carbocycles. The van der Waals surface area contributed by atoms with Crippen LogP contribution in [0.3, 0.4) is 0 Å². The highest BCUT2D eigenvalue weighted by Gasteiger charge is 2.41. The summed E-state index contributed by atoms with van der Waals surface area (Å²) >= 11 is 0. The fourth-order valence-corrected chi connectivity index (χ4v) is 6.17. The molecular weight excluding hydrogens is 252 g/mol. The van der Waals surface area contributed by atoms with Crippen LogP contribution < -0.4 is 10.4 Å². The Bertz CT molecular complexity index is 455. The van der Waals surface area contributed by atoms with Gasteiger partial charge in [-0.15, -0.1) is 0 Å². The van der Waals surface area contributed by atoms with Crippen molar-refractivity contribution in [2.24, 2.45) is 0 Å². The molecule has 0 radical (unpaired) electrons. The summed E-state index contributed by atoms with van der Waals surface area (Å²) in [6.07, 6.45) is 0. The largest absolute Gasteiger partial charge is 0.359 e. The van der Waals surface area contributed by atoms with Crippen molar-refractivity contribution in [3.8, 4) is 0 Å². The second kappa shape index (κ2) is 6.15. The monoisotopic (exact) mass is 272 g/mol. The summed E-state index contributed by atoms with van der Waals surface area (Å²) in [6, 6.07) is 21.1. The first-order chi connectivity index (χ1) is 9.23. The number of benzene rings is 2. The summed E-state index contributed by atoms with van der Waals surface area (Å²) in [5.41, 5.74) is 0. The zero-order chi connectivity index (χ0) is 13.7. The molecular formula is C16H20O2Si. The fourth-order valence-electron chi connectivity index (χ4n) is 2.58. The van der Waals surface area contributed by atoms with Gasteiger partial charge in [-0.3, -0.25) is 0 Å². The van der Waals surface area contributed by atoms with Crippen molar-refractivity contribution in [1.82, 2.24) is 0 Å². The molecule has 0 spiro atoms. The molecule has 0 aromatic heterocycles. The van der Waals surface area contributed by atoms with E-state index in [4.69, 9.17) is 9.47 Å². The molecule has 0 atom stereocenters. The minimum Gasteiger partial charge on any atom is -0.359 e. The smallest absolute Gasteiger partial charge is 0.179 e. The molecule has 2 aromatic rings. The molecule has 0 aliphatic rings. The van der Waals surface area contributed by atoms with Crippen molar-refractivity contribution in [3.63, 3.8) is 0 Å². The van der Waals surface area contributed by atoms with E-state index in [-0.39, 0.29) is 5.91 Å². The van der Waals surface area contributed by atoms with E-state index in [2.05, 4.69) is 55.1 Å². The van der Waals surface area contributed by atoms with Crippen LogP contribution in [0, 0.1) is 0 Å². The number of hydrogen-bond acceptors (Lipinski definition) is 2. The molecule has 0 unspecified atom stereocenters. The van der Waals surface area contributed by atoms with Gasteiger partial charge in [0.2, 0.25) is 0 Å². The average Bonchev–Trinajstić information content (AvgIpc) is 2.50. The Kier molecular flexibility index (Phi) is 4.53. The van der Waals surface area contributed by atoms with E-state index in [1.54, 1.807) is 14.2 Å². The van der Waals surface area contributed by atoms with E-state index in [9.17, 15) is 0 Å². The summed E-state index contributed by atoms with van der Waals surface area (Å²) in [5, 5.41) is 2.63. The van der Waals surface area contributed by atoms with Crippen LogP contribution in [-0.4, -0.2) is 28.2 Å². The van der Waals surface area contributed by atoms with Gasteiger partial charge in [-0.05, 0) is 10.4 Å². The Morgan fingerprint density at radius 3 is 1.42 bits per heavy atom. The number of rotatable bonds is 5. The van der Waals surface area contributed by atoms with Gasteiger partial charge < -0.3 is 9.47 Å². The van der Waals surface area contributed by atoms with Gasteiger partial charge >= 0.3 is 0 Å². The van der Waals surface area contributed by atoms with Gasteiger partial charge in [-0.1, -0.05) is 67.2 Å². The van der Waals surface area contributed by atoms with Crippen LogP contribution in [0.15, 0.2) is 60.7 Å². The Morgan fingerprint density at radius 2 is 1.11 bits per heavy atom. The quantitative estimate of drug-likeness (QED) is 0.612. The summed E-state index contributed by atoms with van der Waals surface area (Å²) in [7, 11) is 1.35. The predicted octanol–water partition coefficient (Wildman–Crippen LogP) is 2.04. The number of ether oxygens (including phenoxy) is 2. The van der Waals surface area contributed by atoms with Crippen molar-refractivity contribution >= 4 is 18.4 Å². The molecule has 0 aliphatic carbocycles. The summed E-state index contributed by atoms with van der Waals surface area (Å²) in [5.74, 6) is -0.197. The van der Waals surface area contributed by atoms with Gasteiger partial charge in [-0.2, -0.15) is 0 Å². The van der Waals surface area contributed by atoms with Crippen LogP contribution in [0.25, 0.3) is 0 Å². The third-order valence-electron chi connectivity index (χ3n) is 3.65. The predicted molar refractivity (Wildman–Crippen MR) is 81.6 cm³/mol. The van der Waals surface area contributed by atoms with Gasteiger partial charge in [-0.25, -0.2) is 0 Å². The number of methoxy groups -OCH3 is 2. The topological polar surface area (TPSA) is 18.5 Å². The first kappa shape index (κ1) is 14.0. The van der Waals surface area contributed by atoms with Crippen molar-refractivity contribution in [1.29, 1.82) is 0 Å². The van der Waals surface area contributed by atoms with Crippen LogP contribution >= 0.6 is 0 Å². The molecule has 0 heterocycles. The third-order valence-corrected chi connectivity index (χ3v) is 8.13. The van der Waals surface area contributed by atoms with Crippen molar-refractivity contribution in [2.75, 3.05) is 14.2 Å². The molecule has 0 N–H and O–H groups in total. The first-order valence-corrected chi connectivity index (χ1v) is 8.98. The van der Waals surface area contributed by atoms with Crippen molar-refractivity contribution < 1.29 is 9.47 Å². The highest BCUT2D eigenvalue weighted by molar-refractivity contribution is 7.02. The molecule has 3 heteroatoms. The standard InChI is InChI=1S/C16H20O2Si/c1-17-16(18-2)19(3,14-10-6-4-7-11-14)15-12-8-5-9-13-15/h4-13,16H,1-3H3. The Hall–Kier alpha value is -1.42. The molecule has 2 nitrogen and oxygen atoms in total. The first-order valence-electron chi connectivity index (χ1n) is 6.40. The highest BCUT2D eigenvalue weighted by Crippen LogP contribution is 2.13. The highest BCUT2D eigenvalue weighted by atomic mass is 28.3. The lowest BCUT2D eigenvalue weighted by Crippen LogP contribution is -2.65. The maximum absolute atomic E-state index is 5.61. The second-order valence-electron chi connectivity index (χ2n) is 4.74.